The number of halogens is 1. The standard InChI is InChI=1S/C14H11ClN2O/c1-9-2-5-14-16-12(8-17(14)7-9)11-6-10(15)3-4-13(11)18/h2-8,18H,1H3. The van der Waals surface area contributed by atoms with Crippen molar-refractivity contribution in [3.05, 3.63) is 53.3 Å². The lowest BCUT2D eigenvalue weighted by Crippen LogP contribution is -1.82. The van der Waals surface area contributed by atoms with Gasteiger partial charge in [-0.3, -0.25) is 0 Å². The molecule has 0 aliphatic heterocycles. The van der Waals surface area contributed by atoms with Crippen molar-refractivity contribution in [1.82, 2.24) is 9.38 Å². The van der Waals surface area contributed by atoms with Gasteiger partial charge in [0, 0.05) is 23.0 Å². The van der Waals surface area contributed by atoms with Crippen LogP contribution in [0.2, 0.25) is 5.02 Å². The average molecular weight is 259 g/mol. The van der Waals surface area contributed by atoms with Crippen LogP contribution in [0.3, 0.4) is 0 Å². The molecule has 2 heterocycles. The summed E-state index contributed by atoms with van der Waals surface area (Å²) in [6, 6.07) is 8.89. The Kier molecular flexibility index (Phi) is 2.49. The summed E-state index contributed by atoms with van der Waals surface area (Å²) < 4.78 is 1.94. The van der Waals surface area contributed by atoms with E-state index in [0.717, 1.165) is 11.2 Å². The van der Waals surface area contributed by atoms with Gasteiger partial charge in [-0.1, -0.05) is 17.7 Å². The van der Waals surface area contributed by atoms with Gasteiger partial charge in [0.05, 0.1) is 5.69 Å². The smallest absolute Gasteiger partial charge is 0.137 e. The minimum Gasteiger partial charge on any atom is -0.507 e. The Balaban J connectivity index is 2.22. The number of hydrogen-bond donors (Lipinski definition) is 1. The number of aromatic hydroxyl groups is 1. The van der Waals surface area contributed by atoms with Crippen molar-refractivity contribution in [2.45, 2.75) is 6.92 Å². The van der Waals surface area contributed by atoms with E-state index in [1.54, 1.807) is 18.2 Å². The van der Waals surface area contributed by atoms with Gasteiger partial charge in [0.15, 0.2) is 0 Å². The fraction of sp³-hybridized carbons (Fsp3) is 0.0714. The van der Waals surface area contributed by atoms with E-state index < -0.39 is 0 Å². The molecule has 0 saturated heterocycles. The third-order valence-corrected chi connectivity index (χ3v) is 3.07. The van der Waals surface area contributed by atoms with Crippen LogP contribution in [0.1, 0.15) is 5.56 Å². The van der Waals surface area contributed by atoms with Gasteiger partial charge in [0.1, 0.15) is 11.4 Å². The van der Waals surface area contributed by atoms with Gasteiger partial charge in [-0.2, -0.15) is 0 Å². The number of hydrogen-bond acceptors (Lipinski definition) is 2. The number of imidazole rings is 1. The summed E-state index contributed by atoms with van der Waals surface area (Å²) in [7, 11) is 0. The summed E-state index contributed by atoms with van der Waals surface area (Å²) >= 11 is 5.94. The van der Waals surface area contributed by atoms with E-state index in [-0.39, 0.29) is 5.75 Å². The summed E-state index contributed by atoms with van der Waals surface area (Å²) in [5.41, 5.74) is 3.35. The van der Waals surface area contributed by atoms with Crippen molar-refractivity contribution in [3.8, 4) is 17.0 Å². The molecule has 2 aromatic heterocycles. The first-order valence-corrected chi connectivity index (χ1v) is 5.95. The molecule has 4 heteroatoms. The van der Waals surface area contributed by atoms with Crippen LogP contribution in [0.5, 0.6) is 5.75 Å². The minimum absolute atomic E-state index is 0.180. The first-order chi connectivity index (χ1) is 8.63. The van der Waals surface area contributed by atoms with Gasteiger partial charge >= 0.3 is 0 Å². The molecule has 3 aromatic rings. The van der Waals surface area contributed by atoms with Crippen LogP contribution in [0.25, 0.3) is 16.9 Å². The van der Waals surface area contributed by atoms with Crippen LogP contribution in [0.15, 0.2) is 42.7 Å². The number of phenols is 1. The fourth-order valence-electron chi connectivity index (χ4n) is 1.95. The summed E-state index contributed by atoms with van der Waals surface area (Å²) in [5.74, 6) is 0.180. The van der Waals surface area contributed by atoms with Crippen LogP contribution in [0.4, 0.5) is 0 Å². The molecule has 0 radical (unpaired) electrons. The highest BCUT2D eigenvalue weighted by atomic mass is 35.5. The lowest BCUT2D eigenvalue weighted by Gasteiger charge is -2.00. The highest BCUT2D eigenvalue weighted by Crippen LogP contribution is 2.31. The third kappa shape index (κ3) is 1.83. The Hall–Kier alpha value is -2.00. The molecule has 0 bridgehead atoms. The zero-order chi connectivity index (χ0) is 12.7. The Labute approximate surface area is 109 Å². The maximum Gasteiger partial charge on any atom is 0.137 e. The third-order valence-electron chi connectivity index (χ3n) is 2.83. The number of nitrogens with zero attached hydrogens (tertiary/aromatic N) is 2. The average Bonchev–Trinajstić information content (AvgIpc) is 2.74. The molecule has 3 rings (SSSR count). The number of aryl methyl sites for hydroxylation is 1. The normalized spacial score (nSPS) is 11.0. The number of rotatable bonds is 1. The quantitative estimate of drug-likeness (QED) is 0.723. The fourth-order valence-corrected chi connectivity index (χ4v) is 2.12. The summed E-state index contributed by atoms with van der Waals surface area (Å²) in [5, 5.41) is 10.4. The van der Waals surface area contributed by atoms with Gasteiger partial charge in [-0.25, -0.2) is 4.98 Å². The molecule has 0 amide bonds. The lowest BCUT2D eigenvalue weighted by molar-refractivity contribution is 0.477. The van der Waals surface area contributed by atoms with E-state index in [1.165, 1.54) is 0 Å². The van der Waals surface area contributed by atoms with Crippen LogP contribution >= 0.6 is 11.6 Å². The molecular weight excluding hydrogens is 248 g/mol. The Bertz CT molecular complexity index is 734. The van der Waals surface area contributed by atoms with Crippen LogP contribution in [-0.4, -0.2) is 14.5 Å². The van der Waals surface area contributed by atoms with Gasteiger partial charge in [-0.15, -0.1) is 0 Å². The zero-order valence-electron chi connectivity index (χ0n) is 9.76. The number of phenolic OH excluding ortho intramolecular Hbond substituents is 1. The van der Waals surface area contributed by atoms with Crippen LogP contribution in [0, 0.1) is 6.92 Å². The Morgan fingerprint density at radius 3 is 2.83 bits per heavy atom. The minimum atomic E-state index is 0.180. The molecule has 0 atom stereocenters. The van der Waals surface area contributed by atoms with E-state index in [9.17, 15) is 5.11 Å². The largest absolute Gasteiger partial charge is 0.507 e. The molecule has 0 spiro atoms. The van der Waals surface area contributed by atoms with E-state index in [0.29, 0.717) is 16.3 Å². The zero-order valence-corrected chi connectivity index (χ0v) is 10.5. The monoisotopic (exact) mass is 258 g/mol. The Morgan fingerprint density at radius 2 is 2.00 bits per heavy atom. The first kappa shape index (κ1) is 11.1. The molecule has 1 aromatic carbocycles. The number of pyridine rings is 1. The maximum atomic E-state index is 9.86. The predicted octanol–water partition coefficient (Wildman–Crippen LogP) is 3.67. The second-order valence-corrected chi connectivity index (χ2v) is 4.70. The van der Waals surface area contributed by atoms with Crippen molar-refractivity contribution < 1.29 is 5.11 Å². The number of fused-ring (bicyclic) bond motifs is 1. The van der Waals surface area contributed by atoms with E-state index >= 15 is 0 Å². The molecule has 0 aliphatic carbocycles. The van der Waals surface area contributed by atoms with Crippen molar-refractivity contribution in [1.29, 1.82) is 0 Å². The van der Waals surface area contributed by atoms with E-state index in [2.05, 4.69) is 4.98 Å². The van der Waals surface area contributed by atoms with Crippen molar-refractivity contribution >= 4 is 17.2 Å². The second kappa shape index (κ2) is 4.03. The summed E-state index contributed by atoms with van der Waals surface area (Å²) in [6.45, 7) is 2.02. The summed E-state index contributed by atoms with van der Waals surface area (Å²) in [6.07, 6.45) is 3.88. The number of aromatic nitrogens is 2. The molecule has 0 saturated carbocycles. The molecule has 18 heavy (non-hydrogen) atoms. The molecule has 1 N–H and O–H groups in total. The van der Waals surface area contributed by atoms with Crippen LogP contribution in [-0.2, 0) is 0 Å². The molecule has 3 nitrogen and oxygen atoms in total. The topological polar surface area (TPSA) is 37.5 Å². The number of benzene rings is 1. The molecule has 90 valence electrons. The lowest BCUT2D eigenvalue weighted by atomic mass is 10.1. The Morgan fingerprint density at radius 1 is 1.17 bits per heavy atom. The van der Waals surface area contributed by atoms with Gasteiger partial charge < -0.3 is 9.51 Å². The van der Waals surface area contributed by atoms with Gasteiger partial charge in [-0.05, 0) is 36.8 Å². The highest BCUT2D eigenvalue weighted by Gasteiger charge is 2.09. The first-order valence-electron chi connectivity index (χ1n) is 5.58. The highest BCUT2D eigenvalue weighted by molar-refractivity contribution is 6.30. The maximum absolute atomic E-state index is 9.86. The van der Waals surface area contributed by atoms with E-state index in [4.69, 9.17) is 11.6 Å². The van der Waals surface area contributed by atoms with Crippen LogP contribution < -0.4 is 0 Å². The van der Waals surface area contributed by atoms with Gasteiger partial charge in [0.25, 0.3) is 0 Å². The second-order valence-electron chi connectivity index (χ2n) is 4.26. The molecule has 0 aliphatic rings. The van der Waals surface area contributed by atoms with E-state index in [1.807, 2.05) is 35.9 Å². The van der Waals surface area contributed by atoms with Gasteiger partial charge in [0.2, 0.25) is 0 Å². The molecule has 0 fully saturated rings. The van der Waals surface area contributed by atoms with Crippen molar-refractivity contribution in [2.24, 2.45) is 0 Å². The van der Waals surface area contributed by atoms with Crippen molar-refractivity contribution in [3.63, 3.8) is 0 Å². The SMILES string of the molecule is Cc1ccc2nc(-c3cc(Cl)ccc3O)cn2c1. The predicted molar refractivity (Wildman–Crippen MR) is 72.0 cm³/mol. The molecule has 0 unspecified atom stereocenters. The summed E-state index contributed by atoms with van der Waals surface area (Å²) in [4.78, 5) is 4.47. The molecular formula is C14H11ClN2O. The van der Waals surface area contributed by atoms with Crippen molar-refractivity contribution in [2.75, 3.05) is 0 Å².